The van der Waals surface area contributed by atoms with Crippen molar-refractivity contribution < 1.29 is 14.3 Å². The lowest BCUT2D eigenvalue weighted by Crippen LogP contribution is -2.63. The predicted molar refractivity (Wildman–Crippen MR) is 135 cm³/mol. The van der Waals surface area contributed by atoms with Gasteiger partial charge in [0.25, 0.3) is 0 Å². The number of likely N-dealkylation sites (N-methyl/N-ethyl adjacent to an activating group) is 1. The molecule has 34 heavy (non-hydrogen) atoms. The molecule has 2 amide bonds. The molecule has 1 aliphatic rings. The number of carbonyl (C=O) groups is 2. The van der Waals surface area contributed by atoms with Gasteiger partial charge in [0.2, 0.25) is 11.8 Å². The highest BCUT2D eigenvalue weighted by molar-refractivity contribution is 6.30. The SMILES string of the molecule is CNC(=O)C(Cc1ccc(Cl)cc1)N1CCN(C(=O)C(N)Cc2ccc(Cl)cc2)C(COC)C1. The number of nitrogens with two attached hydrogens (primary N) is 1. The topological polar surface area (TPSA) is 87.9 Å². The molecular weight excluding hydrogens is 475 g/mol. The van der Waals surface area contributed by atoms with Crippen LogP contribution in [0.15, 0.2) is 48.5 Å². The lowest BCUT2D eigenvalue weighted by Gasteiger charge is -2.44. The molecule has 0 radical (unpaired) electrons. The summed E-state index contributed by atoms with van der Waals surface area (Å²) < 4.78 is 5.43. The van der Waals surface area contributed by atoms with Crippen LogP contribution in [-0.4, -0.2) is 80.1 Å². The Morgan fingerprint density at radius 3 is 2.12 bits per heavy atom. The van der Waals surface area contributed by atoms with E-state index in [1.807, 2.05) is 36.4 Å². The largest absolute Gasteiger partial charge is 0.382 e. The number of halogens is 2. The molecule has 1 fully saturated rings. The molecule has 3 atom stereocenters. The number of benzene rings is 2. The average Bonchev–Trinajstić information content (AvgIpc) is 2.84. The number of hydrogen-bond acceptors (Lipinski definition) is 5. The van der Waals surface area contributed by atoms with Crippen molar-refractivity contribution in [3.8, 4) is 0 Å². The Morgan fingerprint density at radius 1 is 1.03 bits per heavy atom. The zero-order valence-corrected chi connectivity index (χ0v) is 21.1. The third-order valence-corrected chi connectivity index (χ3v) is 6.68. The summed E-state index contributed by atoms with van der Waals surface area (Å²) in [5.41, 5.74) is 8.27. The van der Waals surface area contributed by atoms with Gasteiger partial charge in [0.1, 0.15) is 0 Å². The smallest absolute Gasteiger partial charge is 0.240 e. The molecule has 1 aliphatic heterocycles. The normalized spacial score (nSPS) is 18.4. The van der Waals surface area contributed by atoms with E-state index in [2.05, 4.69) is 10.2 Å². The van der Waals surface area contributed by atoms with Crippen LogP contribution in [0.5, 0.6) is 0 Å². The van der Waals surface area contributed by atoms with Crippen molar-refractivity contribution in [2.45, 2.75) is 31.0 Å². The van der Waals surface area contributed by atoms with E-state index >= 15 is 0 Å². The summed E-state index contributed by atoms with van der Waals surface area (Å²) in [4.78, 5) is 29.9. The molecule has 1 heterocycles. The second kappa shape index (κ2) is 12.5. The molecule has 184 valence electrons. The van der Waals surface area contributed by atoms with Crippen LogP contribution in [0.2, 0.25) is 10.0 Å². The summed E-state index contributed by atoms with van der Waals surface area (Å²) >= 11 is 12.0. The fourth-order valence-corrected chi connectivity index (χ4v) is 4.61. The van der Waals surface area contributed by atoms with Gasteiger partial charge in [-0.15, -0.1) is 0 Å². The van der Waals surface area contributed by atoms with E-state index in [0.717, 1.165) is 11.1 Å². The van der Waals surface area contributed by atoms with Crippen LogP contribution in [-0.2, 0) is 27.2 Å². The third-order valence-electron chi connectivity index (χ3n) is 6.17. The molecule has 0 spiro atoms. The van der Waals surface area contributed by atoms with Crippen molar-refractivity contribution in [2.75, 3.05) is 40.4 Å². The summed E-state index contributed by atoms with van der Waals surface area (Å²) in [6.45, 7) is 1.90. The van der Waals surface area contributed by atoms with Gasteiger partial charge < -0.3 is 20.7 Å². The number of carbonyl (C=O) groups excluding carboxylic acids is 2. The highest BCUT2D eigenvalue weighted by Crippen LogP contribution is 2.20. The van der Waals surface area contributed by atoms with Gasteiger partial charge in [-0.25, -0.2) is 0 Å². The van der Waals surface area contributed by atoms with Crippen LogP contribution >= 0.6 is 23.2 Å². The van der Waals surface area contributed by atoms with E-state index in [9.17, 15) is 9.59 Å². The first-order valence-electron chi connectivity index (χ1n) is 11.3. The van der Waals surface area contributed by atoms with Crippen LogP contribution in [0, 0.1) is 0 Å². The number of rotatable bonds is 9. The van der Waals surface area contributed by atoms with E-state index in [4.69, 9.17) is 33.7 Å². The Balaban J connectivity index is 1.71. The average molecular weight is 507 g/mol. The highest BCUT2D eigenvalue weighted by atomic mass is 35.5. The second-order valence-corrected chi connectivity index (χ2v) is 9.41. The van der Waals surface area contributed by atoms with Gasteiger partial charge in [-0.05, 0) is 48.2 Å². The number of amides is 2. The van der Waals surface area contributed by atoms with Crippen LogP contribution in [0.1, 0.15) is 11.1 Å². The van der Waals surface area contributed by atoms with E-state index in [1.165, 1.54) is 0 Å². The van der Waals surface area contributed by atoms with Crippen LogP contribution < -0.4 is 11.1 Å². The first-order chi connectivity index (χ1) is 16.3. The molecule has 0 saturated carbocycles. The predicted octanol–water partition coefficient (Wildman–Crippen LogP) is 2.38. The van der Waals surface area contributed by atoms with Gasteiger partial charge in [0.15, 0.2) is 0 Å². The lowest BCUT2D eigenvalue weighted by molar-refractivity contribution is -0.141. The number of hydrogen-bond donors (Lipinski definition) is 2. The Kier molecular flexibility index (Phi) is 9.74. The Bertz CT molecular complexity index is 956. The maximum atomic E-state index is 13.3. The summed E-state index contributed by atoms with van der Waals surface area (Å²) in [5, 5.41) is 4.07. The second-order valence-electron chi connectivity index (χ2n) is 8.53. The molecule has 0 bridgehead atoms. The first-order valence-corrected chi connectivity index (χ1v) is 12.1. The molecule has 9 heteroatoms. The first kappa shape index (κ1) is 26.4. The fourth-order valence-electron chi connectivity index (χ4n) is 4.36. The van der Waals surface area contributed by atoms with Gasteiger partial charge in [-0.3, -0.25) is 14.5 Å². The molecule has 0 aliphatic carbocycles. The number of nitrogens with zero attached hydrogens (tertiary/aromatic N) is 2. The summed E-state index contributed by atoms with van der Waals surface area (Å²) in [6.07, 6.45) is 0.966. The molecule has 0 aromatic heterocycles. The lowest BCUT2D eigenvalue weighted by atomic mass is 10.00. The van der Waals surface area contributed by atoms with Gasteiger partial charge in [-0.1, -0.05) is 47.5 Å². The standard InChI is InChI=1S/C25H32Cl2N4O3/c1-29-24(32)23(14-18-5-9-20(27)10-6-18)30-11-12-31(21(15-30)16-34-2)25(33)22(28)13-17-3-7-19(26)8-4-17/h3-10,21-23H,11-16,28H2,1-2H3,(H,29,32). The van der Waals surface area contributed by atoms with E-state index in [0.29, 0.717) is 49.1 Å². The van der Waals surface area contributed by atoms with Crippen molar-refractivity contribution in [3.05, 3.63) is 69.7 Å². The minimum atomic E-state index is -0.670. The quantitative estimate of drug-likeness (QED) is 0.545. The number of ether oxygens (including phenoxy) is 1. The minimum absolute atomic E-state index is 0.0645. The van der Waals surface area contributed by atoms with E-state index in [-0.39, 0.29) is 23.9 Å². The molecule has 2 aromatic carbocycles. The van der Waals surface area contributed by atoms with Crippen molar-refractivity contribution >= 4 is 35.0 Å². The number of methoxy groups -OCH3 is 1. The van der Waals surface area contributed by atoms with Crippen molar-refractivity contribution in [3.63, 3.8) is 0 Å². The Hall–Kier alpha value is -2.16. The molecule has 7 nitrogen and oxygen atoms in total. The molecule has 1 saturated heterocycles. The molecular formula is C25H32Cl2N4O3. The monoisotopic (exact) mass is 506 g/mol. The molecule has 3 unspecified atom stereocenters. The molecule has 2 aromatic rings. The van der Waals surface area contributed by atoms with Crippen LogP contribution in [0.25, 0.3) is 0 Å². The number of piperazine rings is 1. The summed E-state index contributed by atoms with van der Waals surface area (Å²) in [6, 6.07) is 13.6. The minimum Gasteiger partial charge on any atom is -0.382 e. The summed E-state index contributed by atoms with van der Waals surface area (Å²) in [7, 11) is 3.25. The zero-order chi connectivity index (χ0) is 24.7. The van der Waals surface area contributed by atoms with Gasteiger partial charge in [0, 0.05) is 43.8 Å². The van der Waals surface area contributed by atoms with Crippen LogP contribution in [0.4, 0.5) is 0 Å². The van der Waals surface area contributed by atoms with Gasteiger partial charge in [-0.2, -0.15) is 0 Å². The van der Waals surface area contributed by atoms with E-state index < -0.39 is 6.04 Å². The number of nitrogens with one attached hydrogen (secondary N) is 1. The van der Waals surface area contributed by atoms with Crippen molar-refractivity contribution in [2.24, 2.45) is 5.73 Å². The maximum absolute atomic E-state index is 13.3. The zero-order valence-electron chi connectivity index (χ0n) is 19.5. The van der Waals surface area contributed by atoms with E-state index in [1.54, 1.807) is 31.2 Å². The van der Waals surface area contributed by atoms with Crippen molar-refractivity contribution in [1.29, 1.82) is 0 Å². The van der Waals surface area contributed by atoms with Crippen molar-refractivity contribution in [1.82, 2.24) is 15.1 Å². The Labute approximate surface area is 211 Å². The van der Waals surface area contributed by atoms with Crippen LogP contribution in [0.3, 0.4) is 0 Å². The fraction of sp³-hybridized carbons (Fsp3) is 0.440. The molecule has 3 rings (SSSR count). The maximum Gasteiger partial charge on any atom is 0.240 e. The molecule has 3 N–H and O–H groups in total. The van der Waals surface area contributed by atoms with Gasteiger partial charge >= 0.3 is 0 Å². The Morgan fingerprint density at radius 2 is 1.59 bits per heavy atom. The third kappa shape index (κ3) is 6.93. The van der Waals surface area contributed by atoms with Gasteiger partial charge in [0.05, 0.1) is 24.7 Å². The highest BCUT2D eigenvalue weighted by Gasteiger charge is 2.37. The summed E-state index contributed by atoms with van der Waals surface area (Å²) in [5.74, 6) is -0.184.